The lowest BCUT2D eigenvalue weighted by Crippen LogP contribution is -2.25. The first kappa shape index (κ1) is 13.4. The van der Waals surface area contributed by atoms with E-state index in [9.17, 15) is 9.59 Å². The van der Waals surface area contributed by atoms with E-state index < -0.39 is 23.3 Å². The molecule has 0 radical (unpaired) electrons. The molecule has 0 amide bonds. The van der Waals surface area contributed by atoms with Gasteiger partial charge in [0, 0.05) is 0 Å². The van der Waals surface area contributed by atoms with Crippen LogP contribution in [0.2, 0.25) is 0 Å². The van der Waals surface area contributed by atoms with Crippen molar-refractivity contribution in [1.29, 1.82) is 0 Å². The van der Waals surface area contributed by atoms with Crippen molar-refractivity contribution in [2.24, 2.45) is 11.3 Å². The van der Waals surface area contributed by atoms with E-state index in [0.717, 1.165) is 11.3 Å². The third-order valence-corrected chi connectivity index (χ3v) is 3.64. The van der Waals surface area contributed by atoms with E-state index in [1.165, 1.54) is 7.11 Å². The minimum atomic E-state index is -0.945. The second-order valence-electron chi connectivity index (χ2n) is 4.77. The number of ether oxygens (including phenoxy) is 2. The maximum absolute atomic E-state index is 11.8. The van der Waals surface area contributed by atoms with Gasteiger partial charge in [0.05, 0.1) is 25.6 Å². The monoisotopic (exact) mass is 264 g/mol. The molecular weight excluding hydrogens is 248 g/mol. The summed E-state index contributed by atoms with van der Waals surface area (Å²) in [5, 5.41) is 9.07. The SMILES string of the molecule is COC(=O)[C@@]1(Cc2ccc(OC)cc2)C[C@@H]1C(=O)O. The Labute approximate surface area is 111 Å². The highest BCUT2D eigenvalue weighted by Gasteiger charge is 2.64. The fraction of sp³-hybridized carbons (Fsp3) is 0.429. The molecule has 1 aromatic rings. The molecule has 19 heavy (non-hydrogen) atoms. The van der Waals surface area contributed by atoms with Crippen molar-refractivity contribution < 1.29 is 24.2 Å². The van der Waals surface area contributed by atoms with Crippen LogP contribution in [0.15, 0.2) is 24.3 Å². The maximum Gasteiger partial charge on any atom is 0.313 e. The molecule has 5 heteroatoms. The largest absolute Gasteiger partial charge is 0.497 e. The number of carbonyl (C=O) groups is 2. The second-order valence-corrected chi connectivity index (χ2v) is 4.77. The van der Waals surface area contributed by atoms with E-state index in [0.29, 0.717) is 12.8 Å². The van der Waals surface area contributed by atoms with Crippen LogP contribution >= 0.6 is 0 Å². The van der Waals surface area contributed by atoms with Gasteiger partial charge in [-0.25, -0.2) is 0 Å². The van der Waals surface area contributed by atoms with E-state index in [-0.39, 0.29) is 0 Å². The zero-order valence-electron chi connectivity index (χ0n) is 10.9. The Kier molecular flexibility index (Phi) is 3.46. The van der Waals surface area contributed by atoms with E-state index in [4.69, 9.17) is 14.6 Å². The average Bonchev–Trinajstić information content (AvgIpc) is 3.14. The third-order valence-electron chi connectivity index (χ3n) is 3.64. The van der Waals surface area contributed by atoms with Gasteiger partial charge in [-0.15, -0.1) is 0 Å². The molecule has 0 bridgehead atoms. The number of benzene rings is 1. The van der Waals surface area contributed by atoms with Crippen molar-refractivity contribution in [2.45, 2.75) is 12.8 Å². The molecule has 5 nitrogen and oxygen atoms in total. The van der Waals surface area contributed by atoms with Crippen molar-refractivity contribution in [1.82, 2.24) is 0 Å². The lowest BCUT2D eigenvalue weighted by atomic mass is 9.94. The third kappa shape index (κ3) is 2.41. The average molecular weight is 264 g/mol. The summed E-state index contributed by atoms with van der Waals surface area (Å²) in [6.45, 7) is 0. The molecule has 102 valence electrons. The highest BCUT2D eigenvalue weighted by atomic mass is 16.5. The zero-order chi connectivity index (χ0) is 14.0. The standard InChI is InChI=1S/C14H16O5/c1-18-10-5-3-9(4-6-10)7-14(13(17)19-2)8-11(14)12(15)16/h3-6,11H,7-8H2,1-2H3,(H,15,16)/t11-,14+/m1/s1. The zero-order valence-corrected chi connectivity index (χ0v) is 10.9. The molecule has 1 saturated carbocycles. The van der Waals surface area contributed by atoms with Gasteiger partial charge < -0.3 is 14.6 Å². The predicted molar refractivity (Wildman–Crippen MR) is 66.9 cm³/mol. The maximum atomic E-state index is 11.8. The Morgan fingerprint density at radius 2 is 1.95 bits per heavy atom. The summed E-state index contributed by atoms with van der Waals surface area (Å²) >= 11 is 0. The molecule has 1 aliphatic rings. The summed E-state index contributed by atoms with van der Waals surface area (Å²) in [7, 11) is 2.86. The van der Waals surface area contributed by atoms with Gasteiger partial charge in [-0.2, -0.15) is 0 Å². The lowest BCUT2D eigenvalue weighted by molar-refractivity contribution is -0.151. The lowest BCUT2D eigenvalue weighted by Gasteiger charge is -2.14. The van der Waals surface area contributed by atoms with E-state index in [1.54, 1.807) is 19.2 Å². The van der Waals surface area contributed by atoms with Crippen molar-refractivity contribution >= 4 is 11.9 Å². The Bertz CT molecular complexity index is 493. The van der Waals surface area contributed by atoms with Crippen molar-refractivity contribution in [3.63, 3.8) is 0 Å². The number of carbonyl (C=O) groups excluding carboxylic acids is 1. The number of methoxy groups -OCH3 is 2. The van der Waals surface area contributed by atoms with Gasteiger partial charge in [-0.3, -0.25) is 9.59 Å². The minimum Gasteiger partial charge on any atom is -0.497 e. The van der Waals surface area contributed by atoms with Crippen molar-refractivity contribution in [3.8, 4) is 5.75 Å². The molecule has 0 spiro atoms. The highest BCUT2D eigenvalue weighted by molar-refractivity contribution is 5.90. The molecule has 0 saturated heterocycles. The number of hydrogen-bond acceptors (Lipinski definition) is 4. The van der Waals surface area contributed by atoms with Crippen LogP contribution in [0.4, 0.5) is 0 Å². The van der Waals surface area contributed by atoms with E-state index >= 15 is 0 Å². The Morgan fingerprint density at radius 1 is 1.32 bits per heavy atom. The molecule has 1 aliphatic carbocycles. The number of carboxylic acids is 1. The number of aliphatic carboxylic acids is 1. The van der Waals surface area contributed by atoms with Gasteiger partial charge in [0.2, 0.25) is 0 Å². The van der Waals surface area contributed by atoms with Gasteiger partial charge in [0.25, 0.3) is 0 Å². The van der Waals surface area contributed by atoms with Gasteiger partial charge in [-0.05, 0) is 30.5 Å². The Balaban J connectivity index is 2.18. The smallest absolute Gasteiger partial charge is 0.313 e. The molecule has 0 aliphatic heterocycles. The quantitative estimate of drug-likeness (QED) is 0.816. The summed E-state index contributed by atoms with van der Waals surface area (Å²) < 4.78 is 9.81. The van der Waals surface area contributed by atoms with Crippen molar-refractivity contribution in [2.75, 3.05) is 14.2 Å². The van der Waals surface area contributed by atoms with Gasteiger partial charge in [0.15, 0.2) is 0 Å². The summed E-state index contributed by atoms with van der Waals surface area (Å²) in [5.41, 5.74) is -0.00947. The Hall–Kier alpha value is -2.04. The minimum absolute atomic E-state index is 0.334. The van der Waals surface area contributed by atoms with Crippen LogP contribution in [0.25, 0.3) is 0 Å². The molecule has 1 aromatic carbocycles. The van der Waals surface area contributed by atoms with Crippen LogP contribution in [0, 0.1) is 11.3 Å². The summed E-state index contributed by atoms with van der Waals surface area (Å²) in [4.78, 5) is 22.9. The molecule has 1 fully saturated rings. The molecule has 0 heterocycles. The molecular formula is C14H16O5. The fourth-order valence-corrected chi connectivity index (χ4v) is 2.43. The molecule has 0 aromatic heterocycles. The summed E-state index contributed by atoms with van der Waals surface area (Å²) in [6, 6.07) is 7.25. The van der Waals surface area contributed by atoms with Gasteiger partial charge in [-0.1, -0.05) is 12.1 Å². The van der Waals surface area contributed by atoms with Crippen LogP contribution in [0.3, 0.4) is 0 Å². The van der Waals surface area contributed by atoms with Crippen molar-refractivity contribution in [3.05, 3.63) is 29.8 Å². The number of rotatable bonds is 5. The Morgan fingerprint density at radius 3 is 2.37 bits per heavy atom. The van der Waals surface area contributed by atoms with Gasteiger partial charge in [0.1, 0.15) is 5.75 Å². The number of hydrogen-bond donors (Lipinski definition) is 1. The van der Waals surface area contributed by atoms with Crippen LogP contribution in [-0.2, 0) is 20.7 Å². The predicted octanol–water partition coefficient (Wildman–Crippen LogP) is 1.50. The number of esters is 1. The molecule has 2 atom stereocenters. The summed E-state index contributed by atoms with van der Waals surface area (Å²) in [5.74, 6) is -1.32. The van der Waals surface area contributed by atoms with E-state index in [1.807, 2.05) is 12.1 Å². The van der Waals surface area contributed by atoms with Gasteiger partial charge >= 0.3 is 11.9 Å². The number of carboxylic acid groups (broad SMARTS) is 1. The first-order valence-corrected chi connectivity index (χ1v) is 5.97. The molecule has 2 rings (SSSR count). The van der Waals surface area contributed by atoms with Crippen LogP contribution in [-0.4, -0.2) is 31.3 Å². The second kappa shape index (κ2) is 4.91. The topological polar surface area (TPSA) is 72.8 Å². The van der Waals surface area contributed by atoms with Crippen LogP contribution < -0.4 is 4.74 Å². The molecule has 0 unspecified atom stereocenters. The molecule has 1 N–H and O–H groups in total. The first-order valence-electron chi connectivity index (χ1n) is 5.97. The van der Waals surface area contributed by atoms with Crippen LogP contribution in [0.1, 0.15) is 12.0 Å². The first-order chi connectivity index (χ1) is 9.03. The highest BCUT2D eigenvalue weighted by Crippen LogP contribution is 2.55. The van der Waals surface area contributed by atoms with Crippen LogP contribution in [0.5, 0.6) is 5.75 Å². The summed E-state index contributed by atoms with van der Waals surface area (Å²) in [6.07, 6.45) is 0.710. The van der Waals surface area contributed by atoms with E-state index in [2.05, 4.69) is 0 Å². The fourth-order valence-electron chi connectivity index (χ4n) is 2.43. The normalized spacial score (nSPS) is 24.6.